The third kappa shape index (κ3) is 2.60. The lowest BCUT2D eigenvalue weighted by Crippen LogP contribution is -2.02. The summed E-state index contributed by atoms with van der Waals surface area (Å²) in [6.07, 6.45) is 3.84. The molecule has 2 rings (SSSR count). The molecule has 88 valence electrons. The van der Waals surface area contributed by atoms with Gasteiger partial charge in [0, 0.05) is 42.2 Å². The standard InChI is InChI=1S/C12H12ClN3O/c1-8-10(4-7-17)11(13)16-12(15-8)9-2-5-14-6-3-9/h2-3,5-6,17H,4,7H2,1H3. The maximum Gasteiger partial charge on any atom is 0.161 e. The summed E-state index contributed by atoms with van der Waals surface area (Å²) in [6.45, 7) is 1.90. The Labute approximate surface area is 104 Å². The molecule has 0 amide bonds. The van der Waals surface area contributed by atoms with Crippen molar-refractivity contribution in [3.8, 4) is 11.4 Å². The summed E-state index contributed by atoms with van der Waals surface area (Å²) in [5.74, 6) is 0.580. The molecule has 4 nitrogen and oxygen atoms in total. The Balaban J connectivity index is 2.46. The predicted octanol–water partition coefficient (Wildman–Crippen LogP) is 2.04. The van der Waals surface area contributed by atoms with Gasteiger partial charge in [0.1, 0.15) is 5.15 Å². The van der Waals surface area contributed by atoms with Gasteiger partial charge in [-0.2, -0.15) is 0 Å². The second-order valence-corrected chi connectivity index (χ2v) is 3.97. The zero-order valence-electron chi connectivity index (χ0n) is 9.39. The number of hydrogen-bond donors (Lipinski definition) is 1. The van der Waals surface area contributed by atoms with Crippen molar-refractivity contribution in [2.45, 2.75) is 13.3 Å². The first-order chi connectivity index (χ1) is 8.22. The first kappa shape index (κ1) is 12.0. The maximum atomic E-state index is 8.93. The van der Waals surface area contributed by atoms with Crippen molar-refractivity contribution in [1.29, 1.82) is 0 Å². The number of aliphatic hydroxyl groups is 1. The van der Waals surface area contributed by atoms with E-state index in [0.717, 1.165) is 16.8 Å². The van der Waals surface area contributed by atoms with Crippen LogP contribution in [0.3, 0.4) is 0 Å². The average molecular weight is 250 g/mol. The predicted molar refractivity (Wildman–Crippen MR) is 65.8 cm³/mol. The largest absolute Gasteiger partial charge is 0.396 e. The van der Waals surface area contributed by atoms with Gasteiger partial charge in [-0.1, -0.05) is 11.6 Å². The van der Waals surface area contributed by atoms with Gasteiger partial charge in [-0.05, 0) is 19.1 Å². The summed E-state index contributed by atoms with van der Waals surface area (Å²) >= 11 is 6.09. The maximum absolute atomic E-state index is 8.93. The molecule has 0 saturated carbocycles. The fourth-order valence-corrected chi connectivity index (χ4v) is 1.90. The molecule has 0 aliphatic rings. The highest BCUT2D eigenvalue weighted by molar-refractivity contribution is 6.30. The van der Waals surface area contributed by atoms with Crippen molar-refractivity contribution in [2.75, 3.05) is 6.61 Å². The van der Waals surface area contributed by atoms with E-state index in [1.807, 2.05) is 19.1 Å². The number of aryl methyl sites for hydroxylation is 1. The number of hydrogen-bond acceptors (Lipinski definition) is 4. The van der Waals surface area contributed by atoms with Gasteiger partial charge in [-0.3, -0.25) is 4.98 Å². The van der Waals surface area contributed by atoms with Gasteiger partial charge in [0.25, 0.3) is 0 Å². The molecule has 0 unspecified atom stereocenters. The highest BCUT2D eigenvalue weighted by Gasteiger charge is 2.10. The van der Waals surface area contributed by atoms with Gasteiger partial charge in [0.15, 0.2) is 5.82 Å². The molecule has 1 N–H and O–H groups in total. The van der Waals surface area contributed by atoms with E-state index in [1.54, 1.807) is 12.4 Å². The van der Waals surface area contributed by atoms with Crippen LogP contribution in [0.2, 0.25) is 5.15 Å². The molecule has 0 aromatic carbocycles. The van der Waals surface area contributed by atoms with E-state index in [-0.39, 0.29) is 6.61 Å². The summed E-state index contributed by atoms with van der Waals surface area (Å²) in [5, 5.41) is 9.33. The van der Waals surface area contributed by atoms with Gasteiger partial charge < -0.3 is 5.11 Å². The molecular formula is C12H12ClN3O. The smallest absolute Gasteiger partial charge is 0.161 e. The normalized spacial score (nSPS) is 10.5. The minimum absolute atomic E-state index is 0.0402. The first-order valence-corrected chi connectivity index (χ1v) is 5.64. The van der Waals surface area contributed by atoms with E-state index in [0.29, 0.717) is 17.4 Å². The molecular weight excluding hydrogens is 238 g/mol. The summed E-state index contributed by atoms with van der Waals surface area (Å²) in [5.41, 5.74) is 2.47. The van der Waals surface area contributed by atoms with Crippen LogP contribution in [0.4, 0.5) is 0 Å². The molecule has 0 aliphatic carbocycles. The molecule has 0 aliphatic heterocycles. The van der Waals surface area contributed by atoms with Crippen LogP contribution in [-0.2, 0) is 6.42 Å². The molecule has 0 saturated heterocycles. The fourth-order valence-electron chi connectivity index (χ4n) is 1.59. The van der Waals surface area contributed by atoms with E-state index in [9.17, 15) is 0 Å². The second kappa shape index (κ2) is 5.21. The molecule has 0 fully saturated rings. The number of aliphatic hydroxyl groups excluding tert-OH is 1. The number of rotatable bonds is 3. The van der Waals surface area contributed by atoms with Crippen LogP contribution in [0.1, 0.15) is 11.3 Å². The Hall–Kier alpha value is -1.52. The minimum Gasteiger partial charge on any atom is -0.396 e. The molecule has 0 bridgehead atoms. The summed E-state index contributed by atoms with van der Waals surface area (Å²) in [4.78, 5) is 12.6. The summed E-state index contributed by atoms with van der Waals surface area (Å²) in [7, 11) is 0. The monoisotopic (exact) mass is 249 g/mol. The van der Waals surface area contributed by atoms with E-state index < -0.39 is 0 Å². The van der Waals surface area contributed by atoms with Crippen molar-refractivity contribution in [3.05, 3.63) is 40.9 Å². The molecule has 2 aromatic heterocycles. The molecule has 2 aromatic rings. The van der Waals surface area contributed by atoms with E-state index in [4.69, 9.17) is 16.7 Å². The molecule has 17 heavy (non-hydrogen) atoms. The Kier molecular flexibility index (Phi) is 3.66. The van der Waals surface area contributed by atoms with Crippen LogP contribution in [0.5, 0.6) is 0 Å². The quantitative estimate of drug-likeness (QED) is 0.846. The fraction of sp³-hybridized carbons (Fsp3) is 0.250. The van der Waals surface area contributed by atoms with Crippen molar-refractivity contribution in [1.82, 2.24) is 15.0 Å². The van der Waals surface area contributed by atoms with Crippen LogP contribution in [0.25, 0.3) is 11.4 Å². The van der Waals surface area contributed by atoms with Crippen molar-refractivity contribution < 1.29 is 5.11 Å². The lowest BCUT2D eigenvalue weighted by molar-refractivity contribution is 0.299. The summed E-state index contributed by atoms with van der Waals surface area (Å²) in [6, 6.07) is 3.66. The van der Waals surface area contributed by atoms with Crippen molar-refractivity contribution in [2.24, 2.45) is 0 Å². The zero-order chi connectivity index (χ0) is 12.3. The minimum atomic E-state index is 0.0402. The van der Waals surface area contributed by atoms with Gasteiger partial charge >= 0.3 is 0 Å². The van der Waals surface area contributed by atoms with E-state index >= 15 is 0 Å². The van der Waals surface area contributed by atoms with Crippen LogP contribution < -0.4 is 0 Å². The van der Waals surface area contributed by atoms with Crippen LogP contribution in [0, 0.1) is 6.92 Å². The topological polar surface area (TPSA) is 58.9 Å². The van der Waals surface area contributed by atoms with Gasteiger partial charge in [-0.15, -0.1) is 0 Å². The Morgan fingerprint density at radius 2 is 1.94 bits per heavy atom. The Morgan fingerprint density at radius 3 is 2.53 bits per heavy atom. The third-order valence-electron chi connectivity index (χ3n) is 2.46. The number of pyridine rings is 1. The lowest BCUT2D eigenvalue weighted by atomic mass is 10.1. The van der Waals surface area contributed by atoms with Crippen molar-refractivity contribution in [3.63, 3.8) is 0 Å². The lowest BCUT2D eigenvalue weighted by Gasteiger charge is -2.08. The zero-order valence-corrected chi connectivity index (χ0v) is 10.1. The third-order valence-corrected chi connectivity index (χ3v) is 2.78. The van der Waals surface area contributed by atoms with Gasteiger partial charge in [-0.25, -0.2) is 9.97 Å². The van der Waals surface area contributed by atoms with Crippen LogP contribution in [-0.4, -0.2) is 26.7 Å². The van der Waals surface area contributed by atoms with Gasteiger partial charge in [0.05, 0.1) is 0 Å². The molecule has 5 heteroatoms. The average Bonchev–Trinajstić information content (AvgIpc) is 2.35. The molecule has 0 spiro atoms. The van der Waals surface area contributed by atoms with E-state index in [1.165, 1.54) is 0 Å². The first-order valence-electron chi connectivity index (χ1n) is 5.26. The van der Waals surface area contributed by atoms with Crippen LogP contribution in [0.15, 0.2) is 24.5 Å². The number of aromatic nitrogens is 3. The number of halogens is 1. The molecule has 0 radical (unpaired) electrons. The SMILES string of the molecule is Cc1nc(-c2ccncc2)nc(Cl)c1CCO. The highest BCUT2D eigenvalue weighted by atomic mass is 35.5. The van der Waals surface area contributed by atoms with Gasteiger partial charge in [0.2, 0.25) is 0 Å². The van der Waals surface area contributed by atoms with Crippen molar-refractivity contribution >= 4 is 11.6 Å². The second-order valence-electron chi connectivity index (χ2n) is 3.61. The summed E-state index contributed by atoms with van der Waals surface area (Å²) < 4.78 is 0. The number of nitrogens with zero attached hydrogens (tertiary/aromatic N) is 3. The highest BCUT2D eigenvalue weighted by Crippen LogP contribution is 2.21. The van der Waals surface area contributed by atoms with Crippen LogP contribution >= 0.6 is 11.6 Å². The Bertz CT molecular complexity index is 493. The molecule has 2 heterocycles. The van der Waals surface area contributed by atoms with E-state index in [2.05, 4.69) is 15.0 Å². The molecule has 0 atom stereocenters. The Morgan fingerprint density at radius 1 is 1.24 bits per heavy atom.